The maximum absolute atomic E-state index is 12.1. The Morgan fingerprint density at radius 3 is 2.11 bits per heavy atom. The number of carboxylic acid groups (broad SMARTS) is 3. The van der Waals surface area contributed by atoms with Crippen molar-refractivity contribution < 1.29 is 48.8 Å². The molecule has 1 unspecified atom stereocenters. The second-order valence-corrected chi connectivity index (χ2v) is 6.66. The second kappa shape index (κ2) is 13.4. The summed E-state index contributed by atoms with van der Waals surface area (Å²) in [6.07, 6.45) is -0.981. The van der Waals surface area contributed by atoms with Crippen molar-refractivity contribution in [1.29, 1.82) is 0 Å². The van der Waals surface area contributed by atoms with E-state index in [9.17, 15) is 28.8 Å². The monoisotopic (exact) mass is 422 g/mol. The molecule has 0 aromatic rings. The number of thioether (sulfide) groups is 1. The van der Waals surface area contributed by atoms with Crippen LogP contribution in [-0.4, -0.2) is 81.7 Å². The number of nitrogens with one attached hydrogen (secondary N) is 2. The molecule has 158 valence electrons. The predicted molar refractivity (Wildman–Crippen MR) is 94.6 cm³/mol. The van der Waals surface area contributed by atoms with Crippen LogP contribution in [0.15, 0.2) is 0 Å². The van der Waals surface area contributed by atoms with E-state index in [4.69, 9.17) is 15.3 Å². The third-order valence-corrected chi connectivity index (χ3v) is 4.44. The Bertz CT molecular complexity index is 610. The Hall–Kier alpha value is -2.83. The molecule has 0 aromatic carbocycles. The van der Waals surface area contributed by atoms with E-state index in [-0.39, 0.29) is 25.0 Å². The van der Waals surface area contributed by atoms with Crippen LogP contribution in [0.1, 0.15) is 25.7 Å². The molecule has 0 saturated carbocycles. The van der Waals surface area contributed by atoms with Gasteiger partial charge in [-0.3, -0.25) is 28.8 Å². The molecule has 5 N–H and O–H groups in total. The van der Waals surface area contributed by atoms with Crippen LogP contribution in [0.2, 0.25) is 0 Å². The molecule has 0 aliphatic heterocycles. The van der Waals surface area contributed by atoms with Crippen molar-refractivity contribution >= 4 is 47.5 Å². The summed E-state index contributed by atoms with van der Waals surface area (Å²) in [5, 5.41) is 29.3. The molecule has 0 radical (unpaired) electrons. The molecule has 0 heterocycles. The smallest absolute Gasteiger partial charge is 0.322 e. The summed E-state index contributed by atoms with van der Waals surface area (Å²) < 4.78 is 4.50. The number of ether oxygens (including phenoxy) is 1. The van der Waals surface area contributed by atoms with E-state index in [1.165, 1.54) is 0 Å². The standard InChI is InChI=1S/C15H22N2O10S/c1-27-15(26)9(5-12(21)22)28-7-8(14(25)16-6-13(23)24)17-10(18)3-2-4-11(19)20/h8-9H,2-7H2,1H3,(H,16,25)(H,17,18)(H,19,20)(H,21,22)(H,23,24)/t8-,9?/m0/s1. The van der Waals surface area contributed by atoms with Crippen LogP contribution >= 0.6 is 11.8 Å². The number of aliphatic carboxylic acids is 3. The van der Waals surface area contributed by atoms with Gasteiger partial charge in [0.05, 0.1) is 13.5 Å². The predicted octanol–water partition coefficient (Wildman–Crippen LogP) is -1.32. The lowest BCUT2D eigenvalue weighted by Gasteiger charge is -2.20. The first-order valence-electron chi connectivity index (χ1n) is 7.98. The van der Waals surface area contributed by atoms with Gasteiger partial charge in [-0.1, -0.05) is 0 Å². The van der Waals surface area contributed by atoms with E-state index in [2.05, 4.69) is 15.4 Å². The minimum Gasteiger partial charge on any atom is -0.481 e. The van der Waals surface area contributed by atoms with Gasteiger partial charge in [0.1, 0.15) is 17.8 Å². The van der Waals surface area contributed by atoms with Crippen LogP contribution in [0.4, 0.5) is 0 Å². The normalized spacial score (nSPS) is 12.3. The first kappa shape index (κ1) is 25.2. The van der Waals surface area contributed by atoms with Gasteiger partial charge in [-0.2, -0.15) is 0 Å². The quantitative estimate of drug-likeness (QED) is 0.208. The molecular formula is C15H22N2O10S. The number of carbonyl (C=O) groups is 6. The zero-order chi connectivity index (χ0) is 21.7. The number of carbonyl (C=O) groups excluding carboxylic acids is 3. The summed E-state index contributed by atoms with van der Waals surface area (Å²) >= 11 is 0.751. The fourth-order valence-electron chi connectivity index (χ4n) is 1.85. The van der Waals surface area contributed by atoms with Gasteiger partial charge in [-0.15, -0.1) is 11.8 Å². The summed E-state index contributed by atoms with van der Waals surface area (Å²) in [7, 11) is 1.07. The molecule has 0 bridgehead atoms. The number of rotatable bonds is 14. The molecule has 0 aromatic heterocycles. The van der Waals surface area contributed by atoms with Gasteiger partial charge in [0.25, 0.3) is 0 Å². The molecular weight excluding hydrogens is 400 g/mol. The highest BCUT2D eigenvalue weighted by Crippen LogP contribution is 2.18. The van der Waals surface area contributed by atoms with Crippen molar-refractivity contribution in [3.63, 3.8) is 0 Å². The van der Waals surface area contributed by atoms with Gasteiger partial charge in [-0.05, 0) is 6.42 Å². The Balaban J connectivity index is 4.99. The highest BCUT2D eigenvalue weighted by molar-refractivity contribution is 8.00. The fourth-order valence-corrected chi connectivity index (χ4v) is 3.00. The number of amides is 2. The van der Waals surface area contributed by atoms with Gasteiger partial charge >= 0.3 is 23.9 Å². The van der Waals surface area contributed by atoms with E-state index in [0.29, 0.717) is 0 Å². The van der Waals surface area contributed by atoms with Crippen LogP contribution in [-0.2, 0) is 33.5 Å². The first-order chi connectivity index (χ1) is 13.1. The Kier molecular flexibility index (Phi) is 12.0. The molecule has 0 fully saturated rings. The molecule has 0 aliphatic rings. The average Bonchev–Trinajstić information content (AvgIpc) is 2.60. The van der Waals surface area contributed by atoms with Gasteiger partial charge in [0.2, 0.25) is 11.8 Å². The second-order valence-electron chi connectivity index (χ2n) is 5.42. The van der Waals surface area contributed by atoms with Crippen LogP contribution in [0.3, 0.4) is 0 Å². The highest BCUT2D eigenvalue weighted by Gasteiger charge is 2.28. The van der Waals surface area contributed by atoms with Crippen LogP contribution in [0.5, 0.6) is 0 Å². The number of hydrogen-bond acceptors (Lipinski definition) is 8. The molecule has 0 rings (SSSR count). The Labute approximate surface area is 164 Å². The van der Waals surface area contributed by atoms with E-state index in [1.807, 2.05) is 0 Å². The van der Waals surface area contributed by atoms with Crippen LogP contribution in [0.25, 0.3) is 0 Å². The topological polar surface area (TPSA) is 196 Å². The summed E-state index contributed by atoms with van der Waals surface area (Å²) in [5.41, 5.74) is 0. The molecule has 2 amide bonds. The highest BCUT2D eigenvalue weighted by atomic mass is 32.2. The number of esters is 1. The van der Waals surface area contributed by atoms with Gasteiger partial charge in [-0.25, -0.2) is 0 Å². The number of carboxylic acids is 3. The summed E-state index contributed by atoms with van der Waals surface area (Å²) in [4.78, 5) is 67.6. The zero-order valence-corrected chi connectivity index (χ0v) is 15.8. The van der Waals surface area contributed by atoms with E-state index < -0.39 is 59.9 Å². The Morgan fingerprint density at radius 1 is 0.964 bits per heavy atom. The number of hydrogen-bond donors (Lipinski definition) is 5. The third-order valence-electron chi connectivity index (χ3n) is 3.15. The average molecular weight is 422 g/mol. The van der Waals surface area contributed by atoms with Crippen LogP contribution in [0, 0.1) is 0 Å². The lowest BCUT2D eigenvalue weighted by atomic mass is 10.2. The van der Waals surface area contributed by atoms with Crippen LogP contribution < -0.4 is 10.6 Å². The Morgan fingerprint density at radius 2 is 1.61 bits per heavy atom. The van der Waals surface area contributed by atoms with Crippen molar-refractivity contribution in [1.82, 2.24) is 10.6 Å². The summed E-state index contributed by atoms with van der Waals surface area (Å²) in [5.74, 6) is -6.23. The van der Waals surface area contributed by atoms with Crippen molar-refractivity contribution in [3.8, 4) is 0 Å². The summed E-state index contributed by atoms with van der Waals surface area (Å²) in [6, 6.07) is -1.26. The van der Waals surface area contributed by atoms with Crippen molar-refractivity contribution in [2.24, 2.45) is 0 Å². The van der Waals surface area contributed by atoms with E-state index in [0.717, 1.165) is 18.9 Å². The largest absolute Gasteiger partial charge is 0.481 e. The lowest BCUT2D eigenvalue weighted by Crippen LogP contribution is -2.49. The van der Waals surface area contributed by atoms with E-state index in [1.54, 1.807) is 0 Å². The molecule has 0 spiro atoms. The fraction of sp³-hybridized carbons (Fsp3) is 0.600. The molecule has 0 aliphatic carbocycles. The summed E-state index contributed by atoms with van der Waals surface area (Å²) in [6.45, 7) is -0.704. The SMILES string of the molecule is COC(=O)C(CC(=O)O)SC[C@H](NC(=O)CCCC(=O)O)C(=O)NCC(=O)O. The minimum absolute atomic E-state index is 0.0293. The maximum Gasteiger partial charge on any atom is 0.322 e. The molecule has 12 nitrogen and oxygen atoms in total. The minimum atomic E-state index is -1.31. The van der Waals surface area contributed by atoms with E-state index >= 15 is 0 Å². The number of methoxy groups -OCH3 is 1. The molecule has 13 heteroatoms. The maximum atomic E-state index is 12.1. The van der Waals surface area contributed by atoms with Crippen molar-refractivity contribution in [2.45, 2.75) is 37.0 Å². The van der Waals surface area contributed by atoms with Gasteiger partial charge in [0.15, 0.2) is 0 Å². The van der Waals surface area contributed by atoms with Gasteiger partial charge in [0, 0.05) is 18.6 Å². The van der Waals surface area contributed by atoms with Gasteiger partial charge < -0.3 is 30.7 Å². The lowest BCUT2D eigenvalue weighted by molar-refractivity contribution is -0.144. The molecule has 2 atom stereocenters. The first-order valence-corrected chi connectivity index (χ1v) is 9.03. The zero-order valence-electron chi connectivity index (χ0n) is 15.0. The van der Waals surface area contributed by atoms with Crippen molar-refractivity contribution in [2.75, 3.05) is 19.4 Å². The molecule has 28 heavy (non-hydrogen) atoms. The van der Waals surface area contributed by atoms with Crippen molar-refractivity contribution in [3.05, 3.63) is 0 Å². The third kappa shape index (κ3) is 11.7. The molecule has 0 saturated heterocycles.